The van der Waals surface area contributed by atoms with Crippen molar-refractivity contribution in [1.82, 2.24) is 10.2 Å². The third-order valence-corrected chi connectivity index (χ3v) is 3.53. The molecule has 1 heterocycles. The maximum absolute atomic E-state index is 13.7. The van der Waals surface area contributed by atoms with Gasteiger partial charge in [-0.15, -0.1) is 0 Å². The van der Waals surface area contributed by atoms with Crippen LogP contribution in [0, 0.1) is 0 Å². The Morgan fingerprint density at radius 2 is 2.22 bits per heavy atom. The maximum atomic E-state index is 13.7. The molecule has 0 spiro atoms. The molecule has 2 rings (SSSR count). The van der Waals surface area contributed by atoms with Gasteiger partial charge in [0.1, 0.15) is 0 Å². The Morgan fingerprint density at radius 1 is 1.44 bits per heavy atom. The third-order valence-electron chi connectivity index (χ3n) is 3.53. The Kier molecular flexibility index (Phi) is 3.97. The minimum absolute atomic E-state index is 0.123. The van der Waals surface area contributed by atoms with E-state index in [1.165, 1.54) is 13.0 Å². The summed E-state index contributed by atoms with van der Waals surface area (Å²) in [6.45, 7) is 4.28. The lowest BCUT2D eigenvalue weighted by molar-refractivity contribution is -0.00840. The molecule has 1 atom stereocenters. The number of halogens is 2. The molecular weight excluding hydrogens is 234 g/mol. The molecule has 100 valence electrons. The molecule has 1 aliphatic heterocycles. The predicted octanol–water partition coefficient (Wildman–Crippen LogP) is 2.76. The van der Waals surface area contributed by atoms with Gasteiger partial charge in [-0.25, -0.2) is 8.78 Å². The molecule has 1 aromatic rings. The lowest BCUT2D eigenvalue weighted by Gasteiger charge is -2.31. The summed E-state index contributed by atoms with van der Waals surface area (Å²) in [5.41, 5.74) is 1.07. The second kappa shape index (κ2) is 5.33. The highest BCUT2D eigenvalue weighted by Crippen LogP contribution is 2.32. The van der Waals surface area contributed by atoms with E-state index in [1.807, 2.05) is 6.07 Å². The van der Waals surface area contributed by atoms with Crippen LogP contribution in [0.1, 0.15) is 30.5 Å². The van der Waals surface area contributed by atoms with Crippen molar-refractivity contribution in [1.29, 1.82) is 0 Å². The molecule has 0 saturated carbocycles. The number of nitrogens with zero attached hydrogens (tertiary/aromatic N) is 1. The van der Waals surface area contributed by atoms with E-state index < -0.39 is 5.92 Å². The molecule has 0 radical (unpaired) electrons. The van der Waals surface area contributed by atoms with Crippen LogP contribution in [0.4, 0.5) is 8.78 Å². The molecule has 4 heteroatoms. The second-order valence-electron chi connectivity index (χ2n) is 4.95. The van der Waals surface area contributed by atoms with Crippen LogP contribution < -0.4 is 5.32 Å². The van der Waals surface area contributed by atoms with E-state index in [-0.39, 0.29) is 18.0 Å². The molecule has 1 unspecified atom stereocenters. The molecule has 18 heavy (non-hydrogen) atoms. The van der Waals surface area contributed by atoms with Crippen molar-refractivity contribution in [2.24, 2.45) is 0 Å². The quantitative estimate of drug-likeness (QED) is 0.892. The topological polar surface area (TPSA) is 15.3 Å². The van der Waals surface area contributed by atoms with Crippen LogP contribution in [-0.2, 0) is 5.92 Å². The Bertz CT molecular complexity index is 407. The Balaban J connectivity index is 2.21. The SMILES string of the molecule is CCC(F)(F)c1cccc(C2CN(C)CCN2)c1. The van der Waals surface area contributed by atoms with Crippen LogP contribution in [-0.4, -0.2) is 31.6 Å². The summed E-state index contributed by atoms with van der Waals surface area (Å²) in [6.07, 6.45) is -0.158. The van der Waals surface area contributed by atoms with Gasteiger partial charge in [-0.1, -0.05) is 25.1 Å². The molecule has 0 amide bonds. The number of rotatable bonds is 3. The van der Waals surface area contributed by atoms with E-state index in [4.69, 9.17) is 0 Å². The normalized spacial score (nSPS) is 22.1. The zero-order valence-corrected chi connectivity index (χ0v) is 10.9. The lowest BCUT2D eigenvalue weighted by atomic mass is 9.98. The first-order valence-electron chi connectivity index (χ1n) is 6.43. The minimum atomic E-state index is -2.73. The standard InChI is InChI=1S/C14H20F2N2/c1-3-14(15,16)12-6-4-5-11(9-12)13-10-18(2)8-7-17-13/h4-6,9,13,17H,3,7-8,10H2,1-2H3. The number of nitrogens with one attached hydrogen (secondary N) is 1. The van der Waals surface area contributed by atoms with Gasteiger partial charge in [0.2, 0.25) is 0 Å². The first-order chi connectivity index (χ1) is 8.53. The van der Waals surface area contributed by atoms with Crippen LogP contribution >= 0.6 is 0 Å². The van der Waals surface area contributed by atoms with Gasteiger partial charge in [-0.05, 0) is 18.7 Å². The Labute approximate surface area is 107 Å². The molecule has 1 aromatic carbocycles. The van der Waals surface area contributed by atoms with Crippen molar-refractivity contribution >= 4 is 0 Å². The van der Waals surface area contributed by atoms with Crippen molar-refractivity contribution in [2.45, 2.75) is 25.3 Å². The maximum Gasteiger partial charge on any atom is 0.273 e. The van der Waals surface area contributed by atoms with Gasteiger partial charge in [-0.3, -0.25) is 0 Å². The molecular formula is C14H20F2N2. The van der Waals surface area contributed by atoms with Crippen molar-refractivity contribution in [3.63, 3.8) is 0 Å². The Morgan fingerprint density at radius 3 is 2.89 bits per heavy atom. The van der Waals surface area contributed by atoms with Gasteiger partial charge in [0.05, 0.1) is 0 Å². The van der Waals surface area contributed by atoms with Crippen LogP contribution in [0.15, 0.2) is 24.3 Å². The lowest BCUT2D eigenvalue weighted by Crippen LogP contribution is -2.43. The van der Waals surface area contributed by atoms with E-state index in [0.717, 1.165) is 25.2 Å². The van der Waals surface area contributed by atoms with E-state index in [9.17, 15) is 8.78 Å². The number of alkyl halides is 2. The fraction of sp³-hybridized carbons (Fsp3) is 0.571. The summed E-state index contributed by atoms with van der Waals surface area (Å²) in [5, 5.41) is 3.38. The van der Waals surface area contributed by atoms with Gasteiger partial charge in [0.15, 0.2) is 0 Å². The summed E-state index contributed by atoms with van der Waals surface area (Å²) in [6, 6.07) is 6.95. The molecule has 2 nitrogen and oxygen atoms in total. The number of piperazine rings is 1. The largest absolute Gasteiger partial charge is 0.308 e. The van der Waals surface area contributed by atoms with Crippen molar-refractivity contribution in [3.8, 4) is 0 Å². The number of likely N-dealkylation sites (N-methyl/N-ethyl adjacent to an activating group) is 1. The summed E-state index contributed by atoms with van der Waals surface area (Å²) in [7, 11) is 2.05. The highest BCUT2D eigenvalue weighted by atomic mass is 19.3. The van der Waals surface area contributed by atoms with Gasteiger partial charge in [0, 0.05) is 37.7 Å². The highest BCUT2D eigenvalue weighted by molar-refractivity contribution is 5.29. The zero-order chi connectivity index (χ0) is 13.2. The molecule has 1 aliphatic rings. The van der Waals surface area contributed by atoms with E-state index in [1.54, 1.807) is 12.1 Å². The molecule has 1 fully saturated rings. The van der Waals surface area contributed by atoms with E-state index >= 15 is 0 Å². The molecule has 1 saturated heterocycles. The number of hydrogen-bond donors (Lipinski definition) is 1. The van der Waals surface area contributed by atoms with Gasteiger partial charge < -0.3 is 10.2 Å². The van der Waals surface area contributed by atoms with Crippen molar-refractivity contribution in [3.05, 3.63) is 35.4 Å². The predicted molar refractivity (Wildman–Crippen MR) is 68.9 cm³/mol. The summed E-state index contributed by atoms with van der Waals surface area (Å²) >= 11 is 0. The summed E-state index contributed by atoms with van der Waals surface area (Å²) in [4.78, 5) is 2.21. The number of hydrogen-bond acceptors (Lipinski definition) is 2. The zero-order valence-electron chi connectivity index (χ0n) is 10.9. The van der Waals surface area contributed by atoms with Gasteiger partial charge in [-0.2, -0.15) is 0 Å². The average Bonchev–Trinajstić information content (AvgIpc) is 2.39. The van der Waals surface area contributed by atoms with Gasteiger partial charge in [0.25, 0.3) is 5.92 Å². The first-order valence-corrected chi connectivity index (χ1v) is 6.43. The fourth-order valence-electron chi connectivity index (χ4n) is 2.31. The molecule has 0 bridgehead atoms. The summed E-state index contributed by atoms with van der Waals surface area (Å²) in [5.74, 6) is -2.73. The first kappa shape index (κ1) is 13.4. The van der Waals surface area contributed by atoms with Gasteiger partial charge >= 0.3 is 0 Å². The second-order valence-corrected chi connectivity index (χ2v) is 4.95. The average molecular weight is 254 g/mol. The van der Waals surface area contributed by atoms with Crippen molar-refractivity contribution in [2.75, 3.05) is 26.7 Å². The minimum Gasteiger partial charge on any atom is -0.308 e. The molecule has 1 N–H and O–H groups in total. The van der Waals surface area contributed by atoms with E-state index in [2.05, 4.69) is 17.3 Å². The smallest absolute Gasteiger partial charge is 0.273 e. The van der Waals surface area contributed by atoms with E-state index in [0.29, 0.717) is 0 Å². The molecule has 0 aromatic heterocycles. The number of benzene rings is 1. The summed E-state index contributed by atoms with van der Waals surface area (Å²) < 4.78 is 27.4. The fourth-order valence-corrected chi connectivity index (χ4v) is 2.31. The monoisotopic (exact) mass is 254 g/mol. The highest BCUT2D eigenvalue weighted by Gasteiger charge is 2.29. The third kappa shape index (κ3) is 2.87. The van der Waals surface area contributed by atoms with Crippen molar-refractivity contribution < 1.29 is 8.78 Å². The van der Waals surface area contributed by atoms with Crippen LogP contribution in [0.3, 0.4) is 0 Å². The molecule has 0 aliphatic carbocycles. The Hall–Kier alpha value is -1.00. The van der Waals surface area contributed by atoms with Crippen LogP contribution in [0.25, 0.3) is 0 Å². The van der Waals surface area contributed by atoms with Crippen LogP contribution in [0.2, 0.25) is 0 Å². The van der Waals surface area contributed by atoms with Crippen LogP contribution in [0.5, 0.6) is 0 Å².